The van der Waals surface area contributed by atoms with E-state index < -0.39 is 17.4 Å². The minimum atomic E-state index is -1.16. The second-order valence-electron chi connectivity index (χ2n) is 26.2. The zero-order chi connectivity index (χ0) is 62.9. The Morgan fingerprint density at radius 3 is 2.02 bits per heavy atom. The summed E-state index contributed by atoms with van der Waals surface area (Å²) in [5.41, 5.74) is 6.23. The molecule has 17 rings (SSSR count). The lowest BCUT2D eigenvalue weighted by Gasteiger charge is -2.31. The molecule has 0 N–H and O–H groups in total. The fourth-order valence-electron chi connectivity index (χ4n) is 15.1. The van der Waals surface area contributed by atoms with Gasteiger partial charge in [0.1, 0.15) is 17.7 Å². The van der Waals surface area contributed by atoms with E-state index in [9.17, 15) is 24.1 Å². The van der Waals surface area contributed by atoms with Crippen LogP contribution in [0.4, 0.5) is 20.2 Å². The third kappa shape index (κ3) is 13.5. The van der Waals surface area contributed by atoms with Crippen molar-refractivity contribution in [1.29, 1.82) is 10.5 Å². The molecule has 4 aliphatic carbocycles. The van der Waals surface area contributed by atoms with Crippen LogP contribution < -0.4 is 4.90 Å². The fraction of sp³-hybridized carbons (Fsp3) is 0.434. The third-order valence-corrected chi connectivity index (χ3v) is 29.7. The predicted octanol–water partition coefficient (Wildman–Crippen LogP) is 21.6. The minimum absolute atomic E-state index is 0.00141. The van der Waals surface area contributed by atoms with Crippen LogP contribution in [0.15, 0.2) is 154 Å². The van der Waals surface area contributed by atoms with Crippen LogP contribution >= 0.6 is 69.3 Å². The van der Waals surface area contributed by atoms with Crippen molar-refractivity contribution >= 4 is 104 Å². The molecule has 0 spiro atoms. The average molecular weight is 1340 g/mol. The summed E-state index contributed by atoms with van der Waals surface area (Å²) in [5.74, 6) is -2.42. The van der Waals surface area contributed by atoms with E-state index in [1.54, 1.807) is 17.4 Å². The molecule has 7 aliphatic heterocycles. The Hall–Kier alpha value is -5.66. The van der Waals surface area contributed by atoms with Crippen molar-refractivity contribution in [1.82, 2.24) is 0 Å². The Morgan fingerprint density at radius 2 is 1.32 bits per heavy atom. The van der Waals surface area contributed by atoms with Crippen LogP contribution in [0.3, 0.4) is 0 Å². The first kappa shape index (κ1) is 63.7. The number of hydrogen-bond acceptors (Lipinski definition) is 14. The van der Waals surface area contributed by atoms with E-state index in [2.05, 4.69) is 157 Å². The Morgan fingerprint density at radius 1 is 0.674 bits per heavy atom. The van der Waals surface area contributed by atoms with E-state index in [4.69, 9.17) is 19.7 Å². The number of thioether (sulfide) groups is 3. The van der Waals surface area contributed by atoms with Gasteiger partial charge in [-0.05, 0) is 217 Å². The summed E-state index contributed by atoms with van der Waals surface area (Å²) in [6.45, 7) is 6.47. The Balaban J connectivity index is 0.769. The SMILES string of the molecule is CC1=CC2CC=C1c1cc(-c3ccc(-c4ccc(/C=C5\C(=O)c6cc(F)c(F)cc6C5=C(C#N)C#N)s4)s3)sc1C1SC(C3CCC(C4CCC(N(c5ccccc5)c5ccccc5)S4)S3)CC1[C@@]1(C)CC1OCCCC/C=C/CCCCOC1CCC(CC1)/N=N/2. The van der Waals surface area contributed by atoms with E-state index in [-0.39, 0.29) is 56.7 Å². The number of ether oxygens (including phenoxy) is 2. The highest BCUT2D eigenvalue weighted by Crippen LogP contribution is 2.69. The number of para-hydroxylation sites is 2. The molecule has 6 aromatic rings. The topological polar surface area (TPSA) is 111 Å². The molecule has 11 aliphatic rings. The highest BCUT2D eigenvalue weighted by atomic mass is 32.2. The number of Topliss-reactive ketones (excluding diaryl/α,β-unsaturated/α-hetero) is 1. The zero-order valence-electron chi connectivity index (χ0n) is 52.2. The van der Waals surface area contributed by atoms with Gasteiger partial charge in [-0.25, -0.2) is 8.78 Å². The summed E-state index contributed by atoms with van der Waals surface area (Å²) in [6.07, 6.45) is 30.6. The first-order valence-corrected chi connectivity index (χ1v) is 38.5. The summed E-state index contributed by atoms with van der Waals surface area (Å²) in [6, 6.07) is 38.6. The number of hydrogen-bond donors (Lipinski definition) is 0. The molecule has 4 bridgehead atoms. The molecule has 3 saturated heterocycles. The number of anilines is 2. The number of thiophene rings is 3. The van der Waals surface area contributed by atoms with Crippen molar-refractivity contribution in [2.45, 2.75) is 179 Å². The molecule has 5 fully saturated rings. The van der Waals surface area contributed by atoms with Gasteiger partial charge in [-0.1, -0.05) is 67.6 Å². The molecule has 0 amide bonds. The summed E-state index contributed by atoms with van der Waals surface area (Å²) in [5, 5.41) is 33.0. The average Bonchev–Trinajstić information content (AvgIpc) is 1.56. The first-order valence-electron chi connectivity index (χ1n) is 33.2. The third-order valence-electron chi connectivity index (χ3n) is 20.2. The molecule has 9 unspecified atom stereocenters. The van der Waals surface area contributed by atoms with Crippen LogP contribution in [0.1, 0.15) is 159 Å². The Kier molecular flexibility index (Phi) is 19.6. The second-order valence-corrected chi connectivity index (χ2v) is 33.8. The lowest BCUT2D eigenvalue weighted by molar-refractivity contribution is 0.0230. The van der Waals surface area contributed by atoms with Crippen LogP contribution in [0.25, 0.3) is 36.7 Å². The van der Waals surface area contributed by atoms with Crippen molar-refractivity contribution in [2.24, 2.45) is 21.6 Å². The van der Waals surface area contributed by atoms with E-state index in [0.717, 1.165) is 117 Å². The van der Waals surface area contributed by atoms with Crippen LogP contribution in [-0.4, -0.2) is 69.7 Å². The minimum Gasteiger partial charge on any atom is -0.378 e. The van der Waals surface area contributed by atoms with Crippen molar-refractivity contribution in [3.63, 3.8) is 0 Å². The normalized spacial score (nSPS) is 30.5. The molecule has 2 saturated carbocycles. The smallest absolute Gasteiger partial charge is 0.194 e. The van der Waals surface area contributed by atoms with Gasteiger partial charge in [-0.2, -0.15) is 32.5 Å². The summed E-state index contributed by atoms with van der Waals surface area (Å²) in [7, 11) is 0. The molecule has 3 aromatic heterocycles. The molecule has 10 atom stereocenters. The van der Waals surface area contributed by atoms with E-state index in [1.165, 1.54) is 86.2 Å². The predicted molar refractivity (Wildman–Crippen MR) is 380 cm³/mol. The largest absolute Gasteiger partial charge is 0.378 e. The Labute approximate surface area is 565 Å². The summed E-state index contributed by atoms with van der Waals surface area (Å²) < 4.78 is 42.5. The number of rotatable bonds is 8. The van der Waals surface area contributed by atoms with Gasteiger partial charge in [0.05, 0.1) is 29.7 Å². The molecule has 3 aromatic carbocycles. The number of azo groups is 1. The van der Waals surface area contributed by atoms with Gasteiger partial charge in [0.15, 0.2) is 17.4 Å². The lowest BCUT2D eigenvalue weighted by atomic mass is 9.81. The van der Waals surface area contributed by atoms with Crippen LogP contribution in [0.2, 0.25) is 0 Å². The molecular formula is C76H77F2N5O3S6. The van der Waals surface area contributed by atoms with Crippen molar-refractivity contribution in [2.75, 3.05) is 18.1 Å². The number of carbonyl (C=O) groups excluding carboxylic acids is 1. The number of ketones is 1. The zero-order valence-corrected chi connectivity index (χ0v) is 57.1. The standard InChI is InChI=1S/C76H77F2N5O3S6/c1-46-37-49-23-27-54(46)57-41-68(66-31-29-63(88-66)62-28-26-53(87-62)38-58-72(47(44-79)45-80)55-39-60(77)61(78)40-56(55)73(58)84)91-74(57)75-59(76(2)43-70(76)86-36-16-8-6-4-3-5-7-15-35-85-52-24-21-48(22-25-52)81-82-49)42-69(92-75)67-32-30-64(89-67)65-33-34-71(90-65)83(50-17-11-9-12-18-50)51-19-13-10-14-20-51/h3-4,9-14,17-20,26-29,31,37-41,48-49,52,59,64-65,67,69-71,75H,5-8,15-16,21-25,30,32-36,42-43H2,1-2H3/b4-3+,58-38-,82-81+/t48?,49?,52?,59?,64?,65?,67?,69?,70?,71?,75?,76-/m1/s1. The number of carbonyl (C=O) groups is 1. The molecule has 8 nitrogen and oxygen atoms in total. The van der Waals surface area contributed by atoms with Crippen LogP contribution in [-0.2, 0) is 9.47 Å². The number of fused-ring (bicyclic) bond motifs is 1. The van der Waals surface area contributed by atoms with Crippen LogP contribution in [0.5, 0.6) is 0 Å². The van der Waals surface area contributed by atoms with Crippen molar-refractivity contribution in [3.8, 4) is 31.6 Å². The fourth-order valence-corrected chi connectivity index (χ4v) is 24.7. The molecule has 10 heterocycles. The number of nitriles is 2. The maximum Gasteiger partial charge on any atom is 0.194 e. The monoisotopic (exact) mass is 1340 g/mol. The number of allylic oxidation sites excluding steroid dienone is 7. The maximum absolute atomic E-state index is 14.6. The highest BCUT2D eigenvalue weighted by Gasteiger charge is 2.62. The molecule has 0 radical (unpaired) electrons. The molecule has 92 heavy (non-hydrogen) atoms. The van der Waals surface area contributed by atoms with Gasteiger partial charge < -0.3 is 14.4 Å². The van der Waals surface area contributed by atoms with E-state index in [0.29, 0.717) is 38.4 Å². The number of nitrogens with zero attached hydrogens (tertiary/aromatic N) is 5. The van der Waals surface area contributed by atoms with E-state index in [1.807, 2.05) is 35.6 Å². The maximum atomic E-state index is 14.6. The molecule has 16 heteroatoms. The second kappa shape index (κ2) is 28.3. The number of benzene rings is 3. The van der Waals surface area contributed by atoms with Gasteiger partial charge in [-0.3, -0.25) is 4.79 Å². The van der Waals surface area contributed by atoms with Gasteiger partial charge >= 0.3 is 0 Å². The molecular weight excluding hydrogens is 1260 g/mol. The van der Waals surface area contributed by atoms with Gasteiger partial charge in [0.2, 0.25) is 0 Å². The van der Waals surface area contributed by atoms with Crippen LogP contribution in [0, 0.1) is 45.6 Å². The van der Waals surface area contributed by atoms with Gasteiger partial charge in [-0.15, -0.1) is 57.5 Å². The van der Waals surface area contributed by atoms with E-state index >= 15 is 0 Å². The van der Waals surface area contributed by atoms with Gasteiger partial charge in [0, 0.05) is 102 Å². The lowest BCUT2D eigenvalue weighted by Crippen LogP contribution is -2.26. The van der Waals surface area contributed by atoms with Gasteiger partial charge in [0.25, 0.3) is 0 Å². The Bertz CT molecular complexity index is 3920. The summed E-state index contributed by atoms with van der Waals surface area (Å²) in [4.78, 5) is 23.1. The highest BCUT2D eigenvalue weighted by molar-refractivity contribution is 8.06. The first-order chi connectivity index (χ1) is 45.0. The quantitative estimate of drug-likeness (QED) is 0.0835. The van der Waals surface area contributed by atoms with Crippen molar-refractivity contribution < 1.29 is 23.0 Å². The molecule has 474 valence electrons. The van der Waals surface area contributed by atoms with Crippen molar-refractivity contribution in [3.05, 3.63) is 182 Å². The summed E-state index contributed by atoms with van der Waals surface area (Å²) >= 11 is 12.0. The number of halogens is 2.